The lowest BCUT2D eigenvalue weighted by molar-refractivity contribution is -0.127. The van der Waals surface area contributed by atoms with Crippen molar-refractivity contribution in [2.75, 3.05) is 0 Å². The van der Waals surface area contributed by atoms with Crippen molar-refractivity contribution in [2.24, 2.45) is 13.0 Å². The van der Waals surface area contributed by atoms with Crippen molar-refractivity contribution in [1.29, 1.82) is 0 Å². The fraction of sp³-hybridized carbons (Fsp3) is 0.500. The number of hydrogen-bond donors (Lipinski definition) is 1. The van der Waals surface area contributed by atoms with Gasteiger partial charge in [-0.05, 0) is 18.9 Å². The van der Waals surface area contributed by atoms with Crippen LogP contribution in [-0.4, -0.2) is 10.5 Å². The van der Waals surface area contributed by atoms with E-state index in [2.05, 4.69) is 5.32 Å². The smallest absolute Gasteiger partial charge is 0.255 e. The summed E-state index contributed by atoms with van der Waals surface area (Å²) in [7, 11) is 1.71. The maximum Gasteiger partial charge on any atom is 0.255 e. The molecule has 1 saturated carbocycles. The van der Waals surface area contributed by atoms with Crippen LogP contribution in [0.25, 0.3) is 0 Å². The fourth-order valence-corrected chi connectivity index (χ4v) is 1.79. The molecular weight excluding hydrogens is 204 g/mol. The lowest BCUT2D eigenvalue weighted by Gasteiger charge is -2.23. The number of hydrogen-bond acceptors (Lipinski definition) is 2. The van der Waals surface area contributed by atoms with Crippen LogP contribution in [0.2, 0.25) is 0 Å². The first kappa shape index (κ1) is 10.9. The highest BCUT2D eigenvalue weighted by Gasteiger charge is 2.24. The summed E-state index contributed by atoms with van der Waals surface area (Å²) in [6, 6.07) is 3.57. The number of nitrogens with one attached hydrogen (secondary N) is 1. The van der Waals surface area contributed by atoms with E-state index in [1.165, 1.54) is 4.57 Å². The van der Waals surface area contributed by atoms with E-state index in [9.17, 15) is 9.59 Å². The SMILES string of the molecule is Cn1cccc(CNC(=O)C2CCC2)c1=O. The summed E-state index contributed by atoms with van der Waals surface area (Å²) >= 11 is 0. The summed E-state index contributed by atoms with van der Waals surface area (Å²) in [5.41, 5.74) is 0.592. The van der Waals surface area contributed by atoms with Gasteiger partial charge in [0, 0.05) is 31.3 Å². The standard InChI is InChI=1S/C12H16N2O2/c1-14-7-3-6-10(12(14)16)8-13-11(15)9-4-2-5-9/h3,6-7,9H,2,4-5,8H2,1H3,(H,13,15). The van der Waals surface area contributed by atoms with Crippen molar-refractivity contribution in [3.8, 4) is 0 Å². The van der Waals surface area contributed by atoms with Gasteiger partial charge in [-0.1, -0.05) is 12.5 Å². The molecule has 4 heteroatoms. The van der Waals surface area contributed by atoms with Gasteiger partial charge in [0.25, 0.3) is 5.56 Å². The minimum absolute atomic E-state index is 0.0450. The zero-order chi connectivity index (χ0) is 11.5. The van der Waals surface area contributed by atoms with Crippen molar-refractivity contribution in [3.63, 3.8) is 0 Å². The molecule has 2 rings (SSSR count). The number of aryl methyl sites for hydroxylation is 1. The minimum Gasteiger partial charge on any atom is -0.352 e. The number of amides is 1. The Bertz CT molecular complexity index is 447. The largest absolute Gasteiger partial charge is 0.352 e. The van der Waals surface area contributed by atoms with Crippen LogP contribution >= 0.6 is 0 Å². The Balaban J connectivity index is 1.96. The molecule has 1 heterocycles. The topological polar surface area (TPSA) is 51.1 Å². The summed E-state index contributed by atoms with van der Waals surface area (Å²) in [6.07, 6.45) is 4.82. The highest BCUT2D eigenvalue weighted by Crippen LogP contribution is 2.26. The van der Waals surface area contributed by atoms with E-state index in [-0.39, 0.29) is 17.4 Å². The van der Waals surface area contributed by atoms with Crippen molar-refractivity contribution < 1.29 is 4.79 Å². The summed E-state index contributed by atoms with van der Waals surface area (Å²) in [4.78, 5) is 23.2. The van der Waals surface area contributed by atoms with Crippen molar-refractivity contribution in [1.82, 2.24) is 9.88 Å². The molecule has 1 aliphatic carbocycles. The van der Waals surface area contributed by atoms with Crippen LogP contribution < -0.4 is 10.9 Å². The van der Waals surface area contributed by atoms with Gasteiger partial charge < -0.3 is 9.88 Å². The molecule has 1 aromatic heterocycles. The average Bonchev–Trinajstić information content (AvgIpc) is 2.18. The zero-order valence-corrected chi connectivity index (χ0v) is 9.40. The van der Waals surface area contributed by atoms with Crippen LogP contribution in [0.5, 0.6) is 0 Å². The molecule has 0 spiro atoms. The molecule has 1 amide bonds. The maximum atomic E-state index is 11.6. The Morgan fingerprint density at radius 1 is 1.56 bits per heavy atom. The first-order valence-corrected chi connectivity index (χ1v) is 5.60. The van der Waals surface area contributed by atoms with Crippen LogP contribution in [0, 0.1) is 5.92 Å². The molecule has 0 radical (unpaired) electrons. The fourth-order valence-electron chi connectivity index (χ4n) is 1.79. The zero-order valence-electron chi connectivity index (χ0n) is 9.40. The van der Waals surface area contributed by atoms with Gasteiger partial charge in [0.2, 0.25) is 5.91 Å². The molecule has 0 unspecified atom stereocenters. The highest BCUT2D eigenvalue weighted by molar-refractivity contribution is 5.79. The number of nitrogens with zero attached hydrogens (tertiary/aromatic N) is 1. The number of carbonyl (C=O) groups is 1. The Kier molecular flexibility index (Phi) is 3.08. The Labute approximate surface area is 94.3 Å². The summed E-state index contributed by atoms with van der Waals surface area (Å²) < 4.78 is 1.52. The van der Waals surface area contributed by atoms with E-state index in [1.54, 1.807) is 19.3 Å². The van der Waals surface area contributed by atoms with E-state index in [4.69, 9.17) is 0 Å². The van der Waals surface area contributed by atoms with Gasteiger partial charge >= 0.3 is 0 Å². The van der Waals surface area contributed by atoms with E-state index in [0.29, 0.717) is 12.1 Å². The van der Waals surface area contributed by atoms with Crippen LogP contribution in [0.15, 0.2) is 23.1 Å². The van der Waals surface area contributed by atoms with Gasteiger partial charge in [0.1, 0.15) is 0 Å². The van der Waals surface area contributed by atoms with Gasteiger partial charge in [0.15, 0.2) is 0 Å². The highest BCUT2D eigenvalue weighted by atomic mass is 16.2. The Hall–Kier alpha value is -1.58. The second kappa shape index (κ2) is 4.51. The second-order valence-corrected chi connectivity index (χ2v) is 4.30. The van der Waals surface area contributed by atoms with Crippen molar-refractivity contribution >= 4 is 5.91 Å². The third-order valence-corrected chi connectivity index (χ3v) is 3.13. The average molecular weight is 220 g/mol. The third-order valence-electron chi connectivity index (χ3n) is 3.13. The van der Waals surface area contributed by atoms with Gasteiger partial charge in [-0.15, -0.1) is 0 Å². The molecule has 1 aliphatic rings. The van der Waals surface area contributed by atoms with E-state index >= 15 is 0 Å². The lowest BCUT2D eigenvalue weighted by atomic mass is 9.85. The monoisotopic (exact) mass is 220 g/mol. The molecule has 1 aromatic rings. The minimum atomic E-state index is -0.0450. The number of pyridine rings is 1. The first-order valence-electron chi connectivity index (χ1n) is 5.60. The van der Waals surface area contributed by atoms with Crippen molar-refractivity contribution in [2.45, 2.75) is 25.8 Å². The van der Waals surface area contributed by atoms with E-state index in [1.807, 2.05) is 6.07 Å². The number of carbonyl (C=O) groups excluding carboxylic acids is 1. The summed E-state index contributed by atoms with van der Waals surface area (Å²) in [5.74, 6) is 0.254. The maximum absolute atomic E-state index is 11.6. The Morgan fingerprint density at radius 3 is 2.94 bits per heavy atom. The summed E-state index contributed by atoms with van der Waals surface area (Å²) in [5, 5.41) is 2.82. The molecule has 86 valence electrons. The van der Waals surface area contributed by atoms with Crippen LogP contribution in [0.4, 0.5) is 0 Å². The second-order valence-electron chi connectivity index (χ2n) is 4.30. The molecule has 0 bridgehead atoms. The molecule has 0 atom stereocenters. The lowest BCUT2D eigenvalue weighted by Crippen LogP contribution is -2.35. The quantitative estimate of drug-likeness (QED) is 0.819. The molecule has 1 N–H and O–H groups in total. The van der Waals surface area contributed by atoms with Gasteiger partial charge in [0.05, 0.1) is 0 Å². The number of aromatic nitrogens is 1. The molecule has 0 aromatic carbocycles. The van der Waals surface area contributed by atoms with Gasteiger partial charge in [-0.3, -0.25) is 9.59 Å². The van der Waals surface area contributed by atoms with Crippen LogP contribution in [0.1, 0.15) is 24.8 Å². The van der Waals surface area contributed by atoms with Gasteiger partial charge in [-0.2, -0.15) is 0 Å². The molecule has 0 aliphatic heterocycles. The predicted molar refractivity (Wildman–Crippen MR) is 60.9 cm³/mol. The first-order chi connectivity index (χ1) is 7.68. The van der Waals surface area contributed by atoms with Crippen LogP contribution in [-0.2, 0) is 18.4 Å². The molecular formula is C12H16N2O2. The third kappa shape index (κ3) is 2.15. The molecule has 16 heavy (non-hydrogen) atoms. The van der Waals surface area contributed by atoms with Crippen molar-refractivity contribution in [3.05, 3.63) is 34.2 Å². The van der Waals surface area contributed by atoms with E-state index < -0.39 is 0 Å². The molecule has 0 saturated heterocycles. The molecule has 1 fully saturated rings. The number of rotatable bonds is 3. The van der Waals surface area contributed by atoms with Crippen LogP contribution in [0.3, 0.4) is 0 Å². The predicted octanol–water partition coefficient (Wildman–Crippen LogP) is 0.802. The van der Waals surface area contributed by atoms with E-state index in [0.717, 1.165) is 19.3 Å². The molecule has 4 nitrogen and oxygen atoms in total. The van der Waals surface area contributed by atoms with Gasteiger partial charge in [-0.25, -0.2) is 0 Å². The normalized spacial score (nSPS) is 15.6. The Morgan fingerprint density at radius 2 is 2.31 bits per heavy atom. The summed E-state index contributed by atoms with van der Waals surface area (Å²) in [6.45, 7) is 0.336.